The zero-order valence-corrected chi connectivity index (χ0v) is 12.6. The van der Waals surface area contributed by atoms with Crippen molar-refractivity contribution in [2.75, 3.05) is 27.4 Å². The van der Waals surface area contributed by atoms with Gasteiger partial charge in [-0.15, -0.1) is 0 Å². The molecule has 0 aliphatic heterocycles. The van der Waals surface area contributed by atoms with Crippen LogP contribution in [0.25, 0.3) is 11.4 Å². The van der Waals surface area contributed by atoms with Gasteiger partial charge in [0.2, 0.25) is 11.7 Å². The first-order chi connectivity index (χ1) is 10.3. The molecule has 114 valence electrons. The monoisotopic (exact) mass is 291 g/mol. The molecule has 2 rings (SSSR count). The number of aromatic nitrogens is 2. The first kappa shape index (κ1) is 15.5. The summed E-state index contributed by atoms with van der Waals surface area (Å²) < 4.78 is 16.0. The number of likely N-dealkylation sites (N-methyl/N-ethyl adjacent to an activating group) is 1. The lowest BCUT2D eigenvalue weighted by Gasteiger charge is -2.11. The largest absolute Gasteiger partial charge is 0.493 e. The first-order valence-electron chi connectivity index (χ1n) is 6.99. The van der Waals surface area contributed by atoms with Crippen LogP contribution in [0.15, 0.2) is 28.8 Å². The van der Waals surface area contributed by atoms with Crippen LogP contribution < -0.4 is 10.1 Å². The Kier molecular flexibility index (Phi) is 5.71. The van der Waals surface area contributed by atoms with Crippen molar-refractivity contribution in [1.29, 1.82) is 0 Å². The molecule has 1 unspecified atom stereocenters. The molecule has 0 bridgehead atoms. The van der Waals surface area contributed by atoms with Gasteiger partial charge >= 0.3 is 0 Å². The topological polar surface area (TPSA) is 69.4 Å². The number of nitrogens with one attached hydrogen (secondary N) is 1. The maximum Gasteiger partial charge on any atom is 0.228 e. The number of hydrogen-bond donors (Lipinski definition) is 1. The zero-order chi connectivity index (χ0) is 15.1. The molecule has 21 heavy (non-hydrogen) atoms. The molecule has 0 fully saturated rings. The van der Waals surface area contributed by atoms with Gasteiger partial charge in [0.15, 0.2) is 0 Å². The number of para-hydroxylation sites is 1. The maximum absolute atomic E-state index is 5.59. The quantitative estimate of drug-likeness (QED) is 0.801. The van der Waals surface area contributed by atoms with Gasteiger partial charge in [0, 0.05) is 19.6 Å². The van der Waals surface area contributed by atoms with E-state index in [1.165, 1.54) is 0 Å². The van der Waals surface area contributed by atoms with Crippen LogP contribution >= 0.6 is 0 Å². The summed E-state index contributed by atoms with van der Waals surface area (Å²) in [5.41, 5.74) is 0.835. The Morgan fingerprint density at radius 3 is 2.86 bits per heavy atom. The van der Waals surface area contributed by atoms with E-state index in [1.54, 1.807) is 7.11 Å². The highest BCUT2D eigenvalue weighted by Gasteiger charge is 2.16. The van der Waals surface area contributed by atoms with Gasteiger partial charge < -0.3 is 19.3 Å². The van der Waals surface area contributed by atoms with Gasteiger partial charge in [0.25, 0.3) is 0 Å². The minimum Gasteiger partial charge on any atom is -0.493 e. The van der Waals surface area contributed by atoms with Crippen LogP contribution in [-0.2, 0) is 11.2 Å². The molecule has 0 spiro atoms. The van der Waals surface area contributed by atoms with Crippen LogP contribution in [0.3, 0.4) is 0 Å². The average Bonchev–Trinajstić information content (AvgIpc) is 2.96. The molecule has 6 heteroatoms. The smallest absolute Gasteiger partial charge is 0.228 e. The van der Waals surface area contributed by atoms with E-state index in [-0.39, 0.29) is 6.04 Å². The Labute approximate surface area is 124 Å². The number of methoxy groups -OCH3 is 1. The van der Waals surface area contributed by atoms with Crippen LogP contribution in [0.1, 0.15) is 12.8 Å². The summed E-state index contributed by atoms with van der Waals surface area (Å²) in [5, 5.41) is 7.20. The Morgan fingerprint density at radius 1 is 1.33 bits per heavy atom. The number of hydrogen-bond acceptors (Lipinski definition) is 6. The molecule has 1 atom stereocenters. The van der Waals surface area contributed by atoms with E-state index in [1.807, 2.05) is 38.2 Å². The molecule has 0 aliphatic rings. The molecule has 0 saturated heterocycles. The fraction of sp³-hybridized carbons (Fsp3) is 0.467. The number of rotatable bonds is 8. The van der Waals surface area contributed by atoms with Gasteiger partial charge in [-0.1, -0.05) is 17.3 Å². The van der Waals surface area contributed by atoms with Crippen molar-refractivity contribution in [2.45, 2.75) is 19.4 Å². The van der Waals surface area contributed by atoms with E-state index in [0.29, 0.717) is 31.3 Å². The van der Waals surface area contributed by atoms with Crippen molar-refractivity contribution in [1.82, 2.24) is 15.5 Å². The average molecular weight is 291 g/mol. The molecule has 1 aromatic heterocycles. The Morgan fingerprint density at radius 2 is 2.14 bits per heavy atom. The molecule has 0 saturated carbocycles. The molecule has 0 radical (unpaired) electrons. The standard InChI is InChI=1S/C15H21N3O3/c1-4-20-13-8-6-5-7-12(13)15-17-14(21-18-15)9-11(16-2)10-19-3/h5-8,11,16H,4,9-10H2,1-3H3. The molecule has 2 aromatic rings. The van der Waals surface area contributed by atoms with E-state index in [2.05, 4.69) is 15.5 Å². The van der Waals surface area contributed by atoms with Crippen molar-refractivity contribution in [3.8, 4) is 17.1 Å². The normalized spacial score (nSPS) is 12.3. The van der Waals surface area contributed by atoms with E-state index in [9.17, 15) is 0 Å². The van der Waals surface area contributed by atoms with E-state index in [4.69, 9.17) is 14.0 Å². The van der Waals surface area contributed by atoms with Crippen LogP contribution in [0.4, 0.5) is 0 Å². The third-order valence-corrected chi connectivity index (χ3v) is 3.09. The summed E-state index contributed by atoms with van der Waals surface area (Å²) >= 11 is 0. The van der Waals surface area contributed by atoms with Gasteiger partial charge in [0.05, 0.1) is 18.8 Å². The van der Waals surface area contributed by atoms with Crippen molar-refractivity contribution in [3.05, 3.63) is 30.2 Å². The highest BCUT2D eigenvalue weighted by molar-refractivity contribution is 5.63. The minimum atomic E-state index is 0.144. The maximum atomic E-state index is 5.59. The fourth-order valence-electron chi connectivity index (χ4n) is 2.04. The van der Waals surface area contributed by atoms with Crippen LogP contribution in [0, 0.1) is 0 Å². The summed E-state index contributed by atoms with van der Waals surface area (Å²) in [6.45, 7) is 3.13. The van der Waals surface area contributed by atoms with E-state index < -0.39 is 0 Å². The highest BCUT2D eigenvalue weighted by Crippen LogP contribution is 2.27. The fourth-order valence-corrected chi connectivity index (χ4v) is 2.04. The zero-order valence-electron chi connectivity index (χ0n) is 12.6. The van der Waals surface area contributed by atoms with Crippen molar-refractivity contribution < 1.29 is 14.0 Å². The molecule has 1 N–H and O–H groups in total. The first-order valence-corrected chi connectivity index (χ1v) is 6.99. The molecular formula is C15H21N3O3. The predicted octanol–water partition coefficient (Wildman–Crippen LogP) is 1.91. The molecule has 0 aliphatic carbocycles. The van der Waals surface area contributed by atoms with E-state index in [0.717, 1.165) is 11.3 Å². The second kappa shape index (κ2) is 7.75. The van der Waals surface area contributed by atoms with Crippen LogP contribution in [0.2, 0.25) is 0 Å². The highest BCUT2D eigenvalue weighted by atomic mass is 16.5. The molecular weight excluding hydrogens is 270 g/mol. The summed E-state index contributed by atoms with van der Waals surface area (Å²) in [5.74, 6) is 1.88. The second-order valence-corrected chi connectivity index (χ2v) is 4.59. The number of nitrogens with zero attached hydrogens (tertiary/aromatic N) is 2. The summed E-state index contributed by atoms with van der Waals surface area (Å²) in [6.07, 6.45) is 0.619. The lowest BCUT2D eigenvalue weighted by atomic mass is 10.2. The molecule has 1 heterocycles. The SMILES string of the molecule is CCOc1ccccc1-c1noc(CC(COC)NC)n1. The second-order valence-electron chi connectivity index (χ2n) is 4.59. The Hall–Kier alpha value is -1.92. The summed E-state index contributed by atoms with van der Waals surface area (Å²) in [7, 11) is 3.55. The van der Waals surface area contributed by atoms with Crippen molar-refractivity contribution in [2.24, 2.45) is 0 Å². The molecule has 1 aromatic carbocycles. The molecule has 0 amide bonds. The van der Waals surface area contributed by atoms with Crippen LogP contribution in [0.5, 0.6) is 5.75 Å². The summed E-state index contributed by atoms with van der Waals surface area (Å²) in [6, 6.07) is 7.81. The Bertz CT molecular complexity index is 557. The van der Waals surface area contributed by atoms with Gasteiger partial charge in [-0.25, -0.2) is 0 Å². The van der Waals surface area contributed by atoms with Crippen molar-refractivity contribution in [3.63, 3.8) is 0 Å². The van der Waals surface area contributed by atoms with E-state index >= 15 is 0 Å². The lowest BCUT2D eigenvalue weighted by Crippen LogP contribution is -2.32. The molecule has 6 nitrogen and oxygen atoms in total. The third kappa shape index (κ3) is 4.03. The van der Waals surface area contributed by atoms with Gasteiger partial charge in [0.1, 0.15) is 5.75 Å². The number of ether oxygens (including phenoxy) is 2. The summed E-state index contributed by atoms with van der Waals surface area (Å²) in [4.78, 5) is 4.44. The van der Waals surface area contributed by atoms with Crippen molar-refractivity contribution >= 4 is 0 Å². The van der Waals surface area contributed by atoms with Gasteiger partial charge in [-0.05, 0) is 26.1 Å². The minimum absolute atomic E-state index is 0.144. The predicted molar refractivity (Wildman–Crippen MR) is 79.3 cm³/mol. The number of benzene rings is 1. The Balaban J connectivity index is 2.16. The van der Waals surface area contributed by atoms with Crippen LogP contribution in [-0.4, -0.2) is 43.6 Å². The lowest BCUT2D eigenvalue weighted by molar-refractivity contribution is 0.165. The third-order valence-electron chi connectivity index (χ3n) is 3.09. The van der Waals surface area contributed by atoms with Gasteiger partial charge in [-0.3, -0.25) is 0 Å². The van der Waals surface area contributed by atoms with Gasteiger partial charge in [-0.2, -0.15) is 4.98 Å².